The summed E-state index contributed by atoms with van der Waals surface area (Å²) >= 11 is 0. The molecule has 13 heteroatoms. The van der Waals surface area contributed by atoms with Gasteiger partial charge in [0.15, 0.2) is 0 Å². The van der Waals surface area contributed by atoms with Crippen LogP contribution in [0.3, 0.4) is 0 Å². The Hall–Kier alpha value is 0.934. The van der Waals surface area contributed by atoms with Crippen molar-refractivity contribution in [2.75, 3.05) is 0 Å². The fourth-order valence-corrected chi connectivity index (χ4v) is 0.641. The van der Waals surface area contributed by atoms with Crippen molar-refractivity contribution in [3.8, 4) is 0 Å². The van der Waals surface area contributed by atoms with E-state index in [0.717, 1.165) is 0 Å². The van der Waals surface area contributed by atoms with E-state index < -0.39 is 27.0 Å². The summed E-state index contributed by atoms with van der Waals surface area (Å²) in [5.74, 6) is 0. The molecule has 0 unspecified atom stereocenters. The van der Waals surface area contributed by atoms with E-state index in [-0.39, 0.29) is 54.6 Å². The molecule has 0 atom stereocenters. The van der Waals surface area contributed by atoms with Gasteiger partial charge in [-0.15, -0.1) is 0 Å². The SMILES string of the molecule is O=C(OS(=O)(=O)O)OS(=O)(=O)O.[PbH2].[PbH2]. The van der Waals surface area contributed by atoms with Crippen LogP contribution < -0.4 is 0 Å². The van der Waals surface area contributed by atoms with Crippen molar-refractivity contribution in [1.82, 2.24) is 0 Å². The Morgan fingerprint density at radius 3 is 1.21 bits per heavy atom. The monoisotopic (exact) mass is 642 g/mol. The molecule has 9 nitrogen and oxygen atoms in total. The quantitative estimate of drug-likeness (QED) is 0.237. The fraction of sp³-hybridized carbons (Fsp3) is 0. The van der Waals surface area contributed by atoms with Gasteiger partial charge >= 0.3 is 81.6 Å². The van der Waals surface area contributed by atoms with E-state index in [1.54, 1.807) is 0 Å². The third-order valence-electron chi connectivity index (χ3n) is 0.347. The molecular weight excluding hydrogens is 635 g/mol. The second kappa shape index (κ2) is 7.25. The predicted molar refractivity (Wildman–Crippen MR) is 47.8 cm³/mol. The third kappa shape index (κ3) is 15.4. The van der Waals surface area contributed by atoms with Crippen molar-refractivity contribution in [1.29, 1.82) is 0 Å². The van der Waals surface area contributed by atoms with E-state index >= 15 is 0 Å². The molecule has 84 valence electrons. The normalized spacial score (nSPS) is 10.4. The first-order chi connectivity index (χ1) is 5.10. The maximum absolute atomic E-state index is 9.95. The number of hydrogen-bond acceptors (Lipinski definition) is 7. The van der Waals surface area contributed by atoms with Crippen LogP contribution in [-0.2, 0) is 29.2 Å². The Bertz CT molecular complexity index is 328. The zero-order valence-corrected chi connectivity index (χ0v) is 19.1. The van der Waals surface area contributed by atoms with Crippen molar-refractivity contribution in [3.05, 3.63) is 0 Å². The molecule has 0 aliphatic heterocycles. The molecule has 0 fully saturated rings. The number of hydrogen-bond donors (Lipinski definition) is 2. The van der Waals surface area contributed by atoms with Crippen LogP contribution in [0, 0.1) is 0 Å². The van der Waals surface area contributed by atoms with Crippen LogP contribution in [0.1, 0.15) is 0 Å². The van der Waals surface area contributed by atoms with Crippen molar-refractivity contribution in [2.24, 2.45) is 0 Å². The second-order valence-corrected chi connectivity index (χ2v) is 3.32. The molecule has 0 aromatic heterocycles. The zero-order valence-electron chi connectivity index (χ0n) is 6.48. The van der Waals surface area contributed by atoms with Gasteiger partial charge in [-0.1, -0.05) is 0 Å². The first-order valence-electron chi connectivity index (χ1n) is 1.98. The van der Waals surface area contributed by atoms with Gasteiger partial charge in [-0.2, -0.15) is 16.8 Å². The molecule has 0 rings (SSSR count). The van der Waals surface area contributed by atoms with Gasteiger partial charge in [0.1, 0.15) is 0 Å². The third-order valence-corrected chi connectivity index (χ3v) is 1.04. The first kappa shape index (κ1) is 20.4. The van der Waals surface area contributed by atoms with Gasteiger partial charge < -0.3 is 0 Å². The van der Waals surface area contributed by atoms with Crippen LogP contribution in [0.2, 0.25) is 0 Å². The van der Waals surface area contributed by atoms with Gasteiger partial charge in [-0.3, -0.25) is 17.5 Å². The summed E-state index contributed by atoms with van der Waals surface area (Å²) in [6.45, 7) is 0. The van der Waals surface area contributed by atoms with Crippen molar-refractivity contribution in [3.63, 3.8) is 0 Å². The van der Waals surface area contributed by atoms with Crippen LogP contribution in [-0.4, -0.2) is 86.7 Å². The van der Waals surface area contributed by atoms with Gasteiger partial charge in [-0.05, 0) is 0 Å². The van der Waals surface area contributed by atoms with Crippen molar-refractivity contribution < 1.29 is 39.1 Å². The molecule has 0 aliphatic rings. The van der Waals surface area contributed by atoms with E-state index in [9.17, 15) is 21.6 Å². The average Bonchev–Trinajstić information content (AvgIpc) is 1.49. The Labute approximate surface area is 119 Å². The van der Waals surface area contributed by atoms with Crippen LogP contribution in [0.5, 0.6) is 0 Å². The topological polar surface area (TPSA) is 144 Å². The molecule has 2 N–H and O–H groups in total. The van der Waals surface area contributed by atoms with Crippen LogP contribution in [0.15, 0.2) is 0 Å². The summed E-state index contributed by atoms with van der Waals surface area (Å²) < 4.78 is 60.1. The summed E-state index contributed by atoms with van der Waals surface area (Å²) in [7, 11) is -10.3. The van der Waals surface area contributed by atoms with Gasteiger partial charge in [0.05, 0.1) is 0 Å². The van der Waals surface area contributed by atoms with Gasteiger partial charge in [0, 0.05) is 0 Å². The standard InChI is InChI=1S/CH2O9S2.2Pb.4H/c2-1(9-11(3,4)5)10-12(6,7)8;;;;;;/h(H,3,4,5)(H,6,7,8);;;;;;. The van der Waals surface area contributed by atoms with E-state index in [2.05, 4.69) is 8.37 Å². The van der Waals surface area contributed by atoms with Crippen molar-refractivity contribution >= 4 is 81.6 Å². The summed E-state index contributed by atoms with van der Waals surface area (Å²) in [6, 6.07) is 0. The Morgan fingerprint density at radius 1 is 0.857 bits per heavy atom. The van der Waals surface area contributed by atoms with E-state index in [4.69, 9.17) is 9.11 Å². The number of carbonyl (C=O) groups excluding carboxylic acids is 1. The summed E-state index contributed by atoms with van der Waals surface area (Å²) in [5, 5.41) is 0. The maximum atomic E-state index is 9.95. The summed E-state index contributed by atoms with van der Waals surface area (Å²) in [4.78, 5) is 9.95. The molecule has 0 aromatic rings. The molecule has 0 aliphatic carbocycles. The molecule has 0 saturated carbocycles. The van der Waals surface area contributed by atoms with Crippen molar-refractivity contribution in [2.45, 2.75) is 0 Å². The minimum absolute atomic E-state index is 0. The van der Waals surface area contributed by atoms with Gasteiger partial charge in [0.2, 0.25) is 0 Å². The fourth-order valence-electron chi connectivity index (χ4n) is 0.186. The van der Waals surface area contributed by atoms with Crippen LogP contribution >= 0.6 is 0 Å². The molecular formula is CH6O9Pb2S2. The zero-order chi connectivity index (χ0) is 9.99. The average molecular weight is 641 g/mol. The molecule has 0 spiro atoms. The second-order valence-electron chi connectivity index (χ2n) is 1.27. The van der Waals surface area contributed by atoms with Gasteiger partial charge in [0.25, 0.3) is 0 Å². The molecule has 0 amide bonds. The number of carbonyl (C=O) groups is 1. The summed E-state index contributed by atoms with van der Waals surface area (Å²) in [5.41, 5.74) is 0. The van der Waals surface area contributed by atoms with E-state index in [0.29, 0.717) is 0 Å². The molecule has 0 heterocycles. The first-order valence-corrected chi connectivity index (χ1v) is 4.71. The predicted octanol–water partition coefficient (Wildman–Crippen LogP) is -3.09. The Balaban J connectivity index is -0.000000605. The van der Waals surface area contributed by atoms with Gasteiger partial charge in [-0.25, -0.2) is 4.79 Å². The molecule has 0 aromatic carbocycles. The van der Waals surface area contributed by atoms with E-state index in [1.165, 1.54) is 0 Å². The number of rotatable bonds is 2. The van der Waals surface area contributed by atoms with Crippen LogP contribution in [0.4, 0.5) is 4.79 Å². The molecule has 0 saturated heterocycles. The Morgan fingerprint density at radius 2 is 1.07 bits per heavy atom. The van der Waals surface area contributed by atoms with E-state index in [1.807, 2.05) is 0 Å². The minimum atomic E-state index is -5.15. The summed E-state index contributed by atoms with van der Waals surface area (Å²) in [6.07, 6.45) is -2.29. The molecule has 0 bridgehead atoms. The van der Waals surface area contributed by atoms with Crippen LogP contribution in [0.25, 0.3) is 0 Å². The molecule has 4 radical (unpaired) electrons. The molecule has 14 heavy (non-hydrogen) atoms. The Kier molecular flexibility index (Phi) is 10.5.